The minimum atomic E-state index is -0.144. The van der Waals surface area contributed by atoms with E-state index >= 15 is 0 Å². The summed E-state index contributed by atoms with van der Waals surface area (Å²) in [4.78, 5) is 0. The molecule has 0 heterocycles. The van der Waals surface area contributed by atoms with Gasteiger partial charge < -0.3 is 5.32 Å². The number of nitrogens with one attached hydrogen (secondary N) is 1. The van der Waals surface area contributed by atoms with E-state index in [1.54, 1.807) is 12.1 Å². The summed E-state index contributed by atoms with van der Waals surface area (Å²) in [6.45, 7) is 5.30. The summed E-state index contributed by atoms with van der Waals surface area (Å²) < 4.78 is 12.9. The fourth-order valence-electron chi connectivity index (χ4n) is 1.69. The van der Waals surface area contributed by atoms with Gasteiger partial charge in [0.1, 0.15) is 5.82 Å². The van der Waals surface area contributed by atoms with Gasteiger partial charge in [-0.3, -0.25) is 0 Å². The van der Waals surface area contributed by atoms with E-state index in [0.29, 0.717) is 6.04 Å². The van der Waals surface area contributed by atoms with Crippen molar-refractivity contribution in [3.8, 4) is 0 Å². The summed E-state index contributed by atoms with van der Waals surface area (Å²) in [5.74, 6) is -0.144. The molecule has 0 saturated heterocycles. The highest BCUT2D eigenvalue weighted by Crippen LogP contribution is 2.04. The maximum Gasteiger partial charge on any atom is 0.123 e. The van der Waals surface area contributed by atoms with E-state index in [9.17, 15) is 4.39 Å². The summed E-state index contributed by atoms with van der Waals surface area (Å²) in [6.07, 6.45) is 3.29. The van der Waals surface area contributed by atoms with Crippen LogP contribution in [0.5, 0.6) is 0 Å². The first-order valence-electron chi connectivity index (χ1n) is 5.70. The minimum Gasteiger partial charge on any atom is -0.314 e. The Morgan fingerprint density at radius 1 is 1.40 bits per heavy atom. The second-order valence-corrected chi connectivity index (χ2v) is 4.02. The van der Waals surface area contributed by atoms with E-state index in [-0.39, 0.29) is 5.82 Å². The van der Waals surface area contributed by atoms with Crippen molar-refractivity contribution in [2.45, 2.75) is 39.2 Å². The molecule has 15 heavy (non-hydrogen) atoms. The molecule has 1 nitrogen and oxygen atoms in total. The number of benzene rings is 1. The molecule has 0 fully saturated rings. The van der Waals surface area contributed by atoms with Crippen LogP contribution in [0, 0.1) is 5.82 Å². The molecule has 0 spiro atoms. The van der Waals surface area contributed by atoms with Gasteiger partial charge in [0, 0.05) is 6.04 Å². The van der Waals surface area contributed by atoms with E-state index < -0.39 is 0 Å². The summed E-state index contributed by atoms with van der Waals surface area (Å²) in [6, 6.07) is 7.38. The third-order valence-electron chi connectivity index (χ3n) is 2.52. The Bertz CT molecular complexity index is 286. The van der Waals surface area contributed by atoms with Gasteiger partial charge in [-0.2, -0.15) is 0 Å². The fourth-order valence-corrected chi connectivity index (χ4v) is 1.69. The van der Waals surface area contributed by atoms with E-state index in [2.05, 4.69) is 19.2 Å². The van der Waals surface area contributed by atoms with Crippen LogP contribution >= 0.6 is 0 Å². The molecule has 0 amide bonds. The minimum absolute atomic E-state index is 0.144. The van der Waals surface area contributed by atoms with Crippen molar-refractivity contribution >= 4 is 0 Å². The summed E-state index contributed by atoms with van der Waals surface area (Å²) >= 11 is 0. The lowest BCUT2D eigenvalue weighted by atomic mass is 10.1. The SMILES string of the molecule is CCCC(C)NCCc1cccc(F)c1. The first-order chi connectivity index (χ1) is 7.22. The zero-order valence-electron chi connectivity index (χ0n) is 9.59. The molecule has 1 rings (SSSR count). The van der Waals surface area contributed by atoms with Gasteiger partial charge in [0.05, 0.1) is 0 Å². The average molecular weight is 209 g/mol. The normalized spacial score (nSPS) is 12.7. The van der Waals surface area contributed by atoms with Crippen molar-refractivity contribution in [1.29, 1.82) is 0 Å². The quantitative estimate of drug-likeness (QED) is 0.759. The van der Waals surface area contributed by atoms with Crippen LogP contribution < -0.4 is 5.32 Å². The number of hydrogen-bond acceptors (Lipinski definition) is 1. The Morgan fingerprint density at radius 3 is 2.87 bits per heavy atom. The van der Waals surface area contributed by atoms with Crippen LogP contribution in [0.4, 0.5) is 4.39 Å². The first kappa shape index (κ1) is 12.2. The van der Waals surface area contributed by atoms with Crippen molar-refractivity contribution < 1.29 is 4.39 Å². The van der Waals surface area contributed by atoms with Gasteiger partial charge in [-0.15, -0.1) is 0 Å². The van der Waals surface area contributed by atoms with Gasteiger partial charge >= 0.3 is 0 Å². The molecule has 0 aromatic heterocycles. The lowest BCUT2D eigenvalue weighted by Gasteiger charge is -2.12. The summed E-state index contributed by atoms with van der Waals surface area (Å²) in [7, 11) is 0. The van der Waals surface area contributed by atoms with Gasteiger partial charge in [0.2, 0.25) is 0 Å². The third-order valence-corrected chi connectivity index (χ3v) is 2.52. The van der Waals surface area contributed by atoms with Gasteiger partial charge in [-0.05, 0) is 44.0 Å². The number of hydrogen-bond donors (Lipinski definition) is 1. The largest absolute Gasteiger partial charge is 0.314 e. The molecule has 1 N–H and O–H groups in total. The molecule has 0 saturated carbocycles. The zero-order valence-corrected chi connectivity index (χ0v) is 9.59. The molecular weight excluding hydrogens is 189 g/mol. The average Bonchev–Trinajstić information content (AvgIpc) is 2.18. The topological polar surface area (TPSA) is 12.0 Å². The van der Waals surface area contributed by atoms with Crippen LogP contribution in [0.15, 0.2) is 24.3 Å². The van der Waals surface area contributed by atoms with E-state index in [0.717, 1.165) is 18.5 Å². The summed E-state index contributed by atoms with van der Waals surface area (Å²) in [5, 5.41) is 3.43. The van der Waals surface area contributed by atoms with Gasteiger partial charge in [-0.1, -0.05) is 25.5 Å². The third kappa shape index (κ3) is 4.93. The predicted octanol–water partition coefficient (Wildman–Crippen LogP) is 3.15. The zero-order chi connectivity index (χ0) is 11.1. The Morgan fingerprint density at radius 2 is 2.20 bits per heavy atom. The standard InChI is InChI=1S/C13H20FN/c1-3-5-11(2)15-9-8-12-6-4-7-13(14)10-12/h4,6-7,10-11,15H,3,5,8-9H2,1-2H3. The van der Waals surface area contributed by atoms with Crippen molar-refractivity contribution in [2.24, 2.45) is 0 Å². The van der Waals surface area contributed by atoms with E-state index in [4.69, 9.17) is 0 Å². The van der Waals surface area contributed by atoms with Crippen LogP contribution in [0.2, 0.25) is 0 Å². The second-order valence-electron chi connectivity index (χ2n) is 4.02. The molecule has 0 bridgehead atoms. The monoisotopic (exact) mass is 209 g/mol. The van der Waals surface area contributed by atoms with Crippen LogP contribution in [0.25, 0.3) is 0 Å². The molecule has 0 radical (unpaired) electrons. The Hall–Kier alpha value is -0.890. The predicted molar refractivity (Wildman–Crippen MR) is 62.5 cm³/mol. The molecule has 0 aliphatic carbocycles. The number of halogens is 1. The van der Waals surface area contributed by atoms with Crippen molar-refractivity contribution in [3.63, 3.8) is 0 Å². The fraction of sp³-hybridized carbons (Fsp3) is 0.538. The molecule has 0 aliphatic heterocycles. The highest BCUT2D eigenvalue weighted by atomic mass is 19.1. The lowest BCUT2D eigenvalue weighted by molar-refractivity contribution is 0.511. The highest BCUT2D eigenvalue weighted by Gasteiger charge is 1.99. The first-order valence-corrected chi connectivity index (χ1v) is 5.70. The van der Waals surface area contributed by atoms with Gasteiger partial charge in [0.25, 0.3) is 0 Å². The lowest BCUT2D eigenvalue weighted by Crippen LogP contribution is -2.27. The maximum absolute atomic E-state index is 12.9. The molecule has 0 aliphatic rings. The van der Waals surface area contributed by atoms with Crippen LogP contribution in [0.3, 0.4) is 0 Å². The second kappa shape index (κ2) is 6.57. The molecule has 84 valence electrons. The van der Waals surface area contributed by atoms with Crippen LogP contribution in [-0.2, 0) is 6.42 Å². The van der Waals surface area contributed by atoms with E-state index in [1.165, 1.54) is 18.9 Å². The van der Waals surface area contributed by atoms with Gasteiger partial charge in [-0.25, -0.2) is 4.39 Å². The highest BCUT2D eigenvalue weighted by molar-refractivity contribution is 5.16. The summed E-state index contributed by atoms with van der Waals surface area (Å²) in [5.41, 5.74) is 1.06. The molecule has 1 unspecified atom stereocenters. The van der Waals surface area contributed by atoms with Crippen molar-refractivity contribution in [3.05, 3.63) is 35.6 Å². The van der Waals surface area contributed by atoms with Crippen molar-refractivity contribution in [2.75, 3.05) is 6.54 Å². The smallest absolute Gasteiger partial charge is 0.123 e. The van der Waals surface area contributed by atoms with E-state index in [1.807, 2.05) is 6.07 Å². The Kier molecular flexibility index (Phi) is 5.33. The molecular formula is C13H20FN. The molecule has 1 aromatic rings. The van der Waals surface area contributed by atoms with Crippen LogP contribution in [0.1, 0.15) is 32.3 Å². The molecule has 2 heteroatoms. The van der Waals surface area contributed by atoms with Crippen LogP contribution in [-0.4, -0.2) is 12.6 Å². The number of rotatable bonds is 6. The molecule has 1 atom stereocenters. The van der Waals surface area contributed by atoms with Gasteiger partial charge in [0.15, 0.2) is 0 Å². The van der Waals surface area contributed by atoms with Crippen molar-refractivity contribution in [1.82, 2.24) is 5.32 Å². The molecule has 1 aromatic carbocycles. The Balaban J connectivity index is 2.25. The Labute approximate surface area is 91.7 Å². The maximum atomic E-state index is 12.9.